The van der Waals surface area contributed by atoms with Gasteiger partial charge >= 0.3 is 0 Å². The molecule has 4 aliphatic carbocycles. The van der Waals surface area contributed by atoms with Crippen LogP contribution in [0.15, 0.2) is 60.7 Å². The molecule has 0 heterocycles. The number of rotatable bonds is 6. The summed E-state index contributed by atoms with van der Waals surface area (Å²) in [6.07, 6.45) is 6.85. The van der Waals surface area contributed by atoms with E-state index in [9.17, 15) is 20.4 Å². The molecule has 0 bridgehead atoms. The van der Waals surface area contributed by atoms with E-state index < -0.39 is 5.60 Å². The first-order valence-electron chi connectivity index (χ1n) is 16.0. The summed E-state index contributed by atoms with van der Waals surface area (Å²) in [4.78, 5) is 0. The van der Waals surface area contributed by atoms with Crippen molar-refractivity contribution in [2.24, 2.45) is 46.3 Å². The quantitative estimate of drug-likeness (QED) is 0.343. The van der Waals surface area contributed by atoms with E-state index in [4.69, 9.17) is 0 Å². The van der Waals surface area contributed by atoms with Gasteiger partial charge in [-0.1, -0.05) is 81.4 Å². The zero-order valence-electron chi connectivity index (χ0n) is 24.6. The lowest BCUT2D eigenvalue weighted by Gasteiger charge is -2.63. The molecule has 0 radical (unpaired) electrons. The van der Waals surface area contributed by atoms with Crippen LogP contribution in [-0.4, -0.2) is 38.7 Å². The summed E-state index contributed by atoms with van der Waals surface area (Å²) in [6.45, 7) is 7.04. The van der Waals surface area contributed by atoms with Crippen molar-refractivity contribution in [1.82, 2.24) is 0 Å². The lowest BCUT2D eigenvalue weighted by Crippen LogP contribution is -2.62. The van der Waals surface area contributed by atoms with Crippen LogP contribution >= 0.6 is 0 Å². The summed E-state index contributed by atoms with van der Waals surface area (Å²) in [7, 11) is 0. The van der Waals surface area contributed by atoms with E-state index in [1.54, 1.807) is 0 Å². The maximum atomic E-state index is 12.1. The van der Waals surface area contributed by atoms with Gasteiger partial charge in [-0.3, -0.25) is 0 Å². The van der Waals surface area contributed by atoms with E-state index in [0.29, 0.717) is 36.0 Å². The lowest BCUT2D eigenvalue weighted by molar-refractivity contribution is -0.207. The van der Waals surface area contributed by atoms with Gasteiger partial charge in [-0.05, 0) is 115 Å². The molecule has 0 spiro atoms. The fraction of sp³-hybridized carbons (Fsp3) is 0.667. The number of hydrogen-bond donors (Lipinski definition) is 4. The van der Waals surface area contributed by atoms with Gasteiger partial charge in [0.1, 0.15) is 5.60 Å². The molecule has 11 atom stereocenters. The molecular formula is C36H50O4. The molecule has 4 fully saturated rings. The van der Waals surface area contributed by atoms with Crippen molar-refractivity contribution in [3.05, 3.63) is 71.8 Å². The Morgan fingerprint density at radius 3 is 2.08 bits per heavy atom. The molecular weight excluding hydrogens is 496 g/mol. The zero-order chi connectivity index (χ0) is 28.3. The van der Waals surface area contributed by atoms with Crippen LogP contribution in [0.1, 0.15) is 89.7 Å². The molecule has 4 nitrogen and oxygen atoms in total. The molecule has 4 N–H and O–H groups in total. The van der Waals surface area contributed by atoms with Gasteiger partial charge in [-0.25, -0.2) is 0 Å². The first-order chi connectivity index (χ1) is 19.1. The van der Waals surface area contributed by atoms with Gasteiger partial charge in [-0.2, -0.15) is 0 Å². The first-order valence-corrected chi connectivity index (χ1v) is 16.0. The SMILES string of the molecule is C[C@H](CCC(O)(c1ccccc1)c1ccccc1)[C@H]1CC[C@@H]2[C@H]3[C@H](O)C[C@@H]4C[C@@H](O)CC[C@]4(C)[C@H]3C[C@@H](O)[C@@]21C. The summed E-state index contributed by atoms with van der Waals surface area (Å²) in [5, 5.41) is 46.1. The Bertz CT molecular complexity index is 1110. The van der Waals surface area contributed by atoms with E-state index in [1.165, 1.54) is 0 Å². The number of benzene rings is 2. The Balaban J connectivity index is 1.24. The molecule has 2 aromatic carbocycles. The Labute approximate surface area is 240 Å². The number of aliphatic hydroxyl groups excluding tert-OH is 3. The van der Waals surface area contributed by atoms with Crippen LogP contribution in [0.3, 0.4) is 0 Å². The Kier molecular flexibility index (Phi) is 7.47. The number of fused-ring (bicyclic) bond motifs is 5. The highest BCUT2D eigenvalue weighted by Gasteiger charge is 2.65. The highest BCUT2D eigenvalue weighted by atomic mass is 16.3. The molecule has 0 aliphatic heterocycles. The predicted molar refractivity (Wildman–Crippen MR) is 158 cm³/mol. The fourth-order valence-electron chi connectivity index (χ4n) is 10.7. The largest absolute Gasteiger partial charge is 0.393 e. The van der Waals surface area contributed by atoms with Crippen molar-refractivity contribution in [2.75, 3.05) is 0 Å². The Morgan fingerprint density at radius 1 is 0.825 bits per heavy atom. The summed E-state index contributed by atoms with van der Waals surface area (Å²) in [5.41, 5.74) is 0.666. The third-order valence-electron chi connectivity index (χ3n) is 13.0. The third-order valence-corrected chi connectivity index (χ3v) is 13.0. The summed E-state index contributed by atoms with van der Waals surface area (Å²) >= 11 is 0. The minimum Gasteiger partial charge on any atom is -0.393 e. The molecule has 6 rings (SSSR count). The topological polar surface area (TPSA) is 80.9 Å². The molecule has 0 saturated heterocycles. The summed E-state index contributed by atoms with van der Waals surface area (Å²) in [6, 6.07) is 20.1. The monoisotopic (exact) mass is 546 g/mol. The minimum absolute atomic E-state index is 0.0942. The first kappa shape index (κ1) is 28.4. The molecule has 218 valence electrons. The van der Waals surface area contributed by atoms with Gasteiger partial charge in [0, 0.05) is 0 Å². The van der Waals surface area contributed by atoms with Crippen molar-refractivity contribution in [1.29, 1.82) is 0 Å². The summed E-state index contributed by atoms with van der Waals surface area (Å²) in [5.74, 6) is 1.90. The van der Waals surface area contributed by atoms with Crippen molar-refractivity contribution < 1.29 is 20.4 Å². The number of hydrogen-bond acceptors (Lipinski definition) is 4. The smallest absolute Gasteiger partial charge is 0.115 e. The van der Waals surface area contributed by atoms with Gasteiger partial charge in [0.2, 0.25) is 0 Å². The molecule has 0 aromatic heterocycles. The van der Waals surface area contributed by atoms with Gasteiger partial charge < -0.3 is 20.4 Å². The maximum Gasteiger partial charge on any atom is 0.115 e. The van der Waals surface area contributed by atoms with Gasteiger partial charge in [-0.15, -0.1) is 0 Å². The summed E-state index contributed by atoms with van der Waals surface area (Å²) < 4.78 is 0. The van der Waals surface area contributed by atoms with Gasteiger partial charge in [0.25, 0.3) is 0 Å². The average Bonchev–Trinajstić information content (AvgIpc) is 3.32. The van der Waals surface area contributed by atoms with Crippen LogP contribution in [-0.2, 0) is 5.60 Å². The van der Waals surface area contributed by atoms with Crippen LogP contribution in [0.5, 0.6) is 0 Å². The zero-order valence-corrected chi connectivity index (χ0v) is 24.6. The highest BCUT2D eigenvalue weighted by molar-refractivity contribution is 5.35. The second kappa shape index (κ2) is 10.5. The fourth-order valence-corrected chi connectivity index (χ4v) is 10.7. The molecule has 0 amide bonds. The second-order valence-corrected chi connectivity index (χ2v) is 14.6. The van der Waals surface area contributed by atoms with Gasteiger partial charge in [0.05, 0.1) is 18.3 Å². The molecule has 4 aliphatic rings. The number of aliphatic hydroxyl groups is 4. The van der Waals surface area contributed by atoms with Gasteiger partial charge in [0.15, 0.2) is 0 Å². The maximum absolute atomic E-state index is 12.1. The molecule has 2 aromatic rings. The molecule has 0 unspecified atom stereocenters. The standard InChI is InChI=1S/C36H50O4/c1-23(16-19-36(40,24-10-6-4-7-11-24)25-12-8-5-9-13-25)28-14-15-29-33-30(22-32(39)35(28,29)3)34(2)18-17-27(37)20-26(34)21-31(33)38/h4-13,23,26-33,37-40H,14-22H2,1-3H3/t23-,26+,27+,28-,29-,30+,31-,32-,33-,34+,35-/m1/s1. The van der Waals surface area contributed by atoms with Crippen LogP contribution in [0.4, 0.5) is 0 Å². The molecule has 40 heavy (non-hydrogen) atoms. The highest BCUT2D eigenvalue weighted by Crippen LogP contribution is 2.68. The van der Waals surface area contributed by atoms with E-state index in [2.05, 4.69) is 20.8 Å². The minimum atomic E-state index is -1.05. The molecule has 4 saturated carbocycles. The third kappa shape index (κ3) is 4.40. The van der Waals surface area contributed by atoms with Crippen LogP contribution in [0.25, 0.3) is 0 Å². The molecule has 4 heteroatoms. The second-order valence-electron chi connectivity index (χ2n) is 14.6. The van der Waals surface area contributed by atoms with Crippen molar-refractivity contribution >= 4 is 0 Å². The van der Waals surface area contributed by atoms with Crippen molar-refractivity contribution in [3.63, 3.8) is 0 Å². The average molecular weight is 547 g/mol. The Hall–Kier alpha value is -1.72. The van der Waals surface area contributed by atoms with Crippen molar-refractivity contribution in [3.8, 4) is 0 Å². The van der Waals surface area contributed by atoms with Crippen molar-refractivity contribution in [2.45, 2.75) is 102 Å². The van der Waals surface area contributed by atoms with Crippen LogP contribution in [0, 0.1) is 46.3 Å². The van der Waals surface area contributed by atoms with Crippen LogP contribution in [0.2, 0.25) is 0 Å². The Morgan fingerprint density at radius 2 is 1.45 bits per heavy atom. The predicted octanol–water partition coefficient (Wildman–Crippen LogP) is 6.30. The van der Waals surface area contributed by atoms with E-state index >= 15 is 0 Å². The normalized spacial score (nSPS) is 42.0. The van der Waals surface area contributed by atoms with E-state index in [-0.39, 0.29) is 35.1 Å². The van der Waals surface area contributed by atoms with E-state index in [0.717, 1.165) is 62.5 Å². The lowest BCUT2D eigenvalue weighted by atomic mass is 9.43. The van der Waals surface area contributed by atoms with E-state index in [1.807, 2.05) is 60.7 Å². The van der Waals surface area contributed by atoms with Crippen LogP contribution < -0.4 is 0 Å².